The summed E-state index contributed by atoms with van der Waals surface area (Å²) in [5, 5.41) is 2.94. The normalized spacial score (nSPS) is 43.4. The molecule has 1 N–H and O–H groups in total. The first-order chi connectivity index (χ1) is 5.27. The Morgan fingerprint density at radius 1 is 1.45 bits per heavy atom. The van der Waals surface area contributed by atoms with E-state index in [9.17, 15) is 4.79 Å². The molecule has 1 aliphatic carbocycles. The Kier molecular flexibility index (Phi) is 1.63. The highest BCUT2D eigenvalue weighted by molar-refractivity contribution is 5.81. The summed E-state index contributed by atoms with van der Waals surface area (Å²) in [5.41, 5.74) is 0. The van der Waals surface area contributed by atoms with Gasteiger partial charge < -0.3 is 5.32 Å². The van der Waals surface area contributed by atoms with Crippen LogP contribution in [0.4, 0.5) is 0 Å². The van der Waals surface area contributed by atoms with E-state index in [1.54, 1.807) is 0 Å². The third-order valence-corrected chi connectivity index (χ3v) is 3.13. The SMILES string of the molecule is CC1CCC2CNC(=O)C2C1. The van der Waals surface area contributed by atoms with Crippen molar-refractivity contribution < 1.29 is 4.79 Å². The van der Waals surface area contributed by atoms with Crippen molar-refractivity contribution in [2.75, 3.05) is 6.54 Å². The summed E-state index contributed by atoms with van der Waals surface area (Å²) in [7, 11) is 0. The quantitative estimate of drug-likeness (QED) is 0.556. The highest BCUT2D eigenvalue weighted by Crippen LogP contribution is 2.36. The summed E-state index contributed by atoms with van der Waals surface area (Å²) in [6.07, 6.45) is 3.69. The third-order valence-electron chi connectivity index (χ3n) is 3.13. The minimum atomic E-state index is 0.307. The van der Waals surface area contributed by atoms with Gasteiger partial charge in [-0.3, -0.25) is 4.79 Å². The van der Waals surface area contributed by atoms with E-state index < -0.39 is 0 Å². The van der Waals surface area contributed by atoms with Crippen molar-refractivity contribution in [2.24, 2.45) is 17.8 Å². The van der Waals surface area contributed by atoms with Crippen molar-refractivity contribution >= 4 is 5.91 Å². The molecule has 0 spiro atoms. The summed E-state index contributed by atoms with van der Waals surface area (Å²) in [4.78, 5) is 11.2. The van der Waals surface area contributed by atoms with Crippen LogP contribution in [0.5, 0.6) is 0 Å². The molecule has 2 rings (SSSR count). The van der Waals surface area contributed by atoms with Crippen LogP contribution in [0, 0.1) is 17.8 Å². The molecule has 1 amide bonds. The first-order valence-electron chi connectivity index (χ1n) is 4.55. The van der Waals surface area contributed by atoms with Gasteiger partial charge in [0.2, 0.25) is 5.91 Å². The average molecular weight is 153 g/mol. The Morgan fingerprint density at radius 3 is 3.09 bits per heavy atom. The van der Waals surface area contributed by atoms with E-state index in [2.05, 4.69) is 12.2 Å². The van der Waals surface area contributed by atoms with Crippen LogP contribution in [0.3, 0.4) is 0 Å². The summed E-state index contributed by atoms with van der Waals surface area (Å²) < 4.78 is 0. The van der Waals surface area contributed by atoms with Crippen molar-refractivity contribution in [2.45, 2.75) is 26.2 Å². The van der Waals surface area contributed by atoms with Crippen LogP contribution < -0.4 is 5.32 Å². The zero-order valence-corrected chi connectivity index (χ0v) is 6.97. The molecular weight excluding hydrogens is 138 g/mol. The molecule has 3 unspecified atom stereocenters. The Hall–Kier alpha value is -0.530. The lowest BCUT2D eigenvalue weighted by molar-refractivity contribution is -0.124. The van der Waals surface area contributed by atoms with E-state index in [0.29, 0.717) is 17.7 Å². The molecule has 2 aliphatic rings. The zero-order chi connectivity index (χ0) is 7.84. The van der Waals surface area contributed by atoms with Crippen LogP contribution in [-0.2, 0) is 4.79 Å². The summed E-state index contributed by atoms with van der Waals surface area (Å²) >= 11 is 0. The predicted molar refractivity (Wildman–Crippen MR) is 43.0 cm³/mol. The number of fused-ring (bicyclic) bond motifs is 1. The molecule has 1 heterocycles. The monoisotopic (exact) mass is 153 g/mol. The first-order valence-corrected chi connectivity index (χ1v) is 4.55. The van der Waals surface area contributed by atoms with Gasteiger partial charge >= 0.3 is 0 Å². The van der Waals surface area contributed by atoms with Crippen LogP contribution in [0.1, 0.15) is 26.2 Å². The smallest absolute Gasteiger partial charge is 0.223 e. The molecule has 2 fully saturated rings. The minimum Gasteiger partial charge on any atom is -0.356 e. The molecule has 0 aromatic carbocycles. The van der Waals surface area contributed by atoms with Gasteiger partial charge in [0.1, 0.15) is 0 Å². The number of amides is 1. The van der Waals surface area contributed by atoms with Crippen LogP contribution >= 0.6 is 0 Å². The number of carbonyl (C=O) groups is 1. The lowest BCUT2D eigenvalue weighted by Gasteiger charge is -2.26. The summed E-state index contributed by atoms with van der Waals surface area (Å²) in [5.74, 6) is 2.10. The van der Waals surface area contributed by atoms with E-state index in [0.717, 1.165) is 18.9 Å². The average Bonchev–Trinajstić information content (AvgIpc) is 2.33. The molecule has 11 heavy (non-hydrogen) atoms. The second-order valence-electron chi connectivity index (χ2n) is 4.03. The number of carbonyl (C=O) groups excluding carboxylic acids is 1. The zero-order valence-electron chi connectivity index (χ0n) is 6.97. The van der Waals surface area contributed by atoms with E-state index in [1.165, 1.54) is 12.8 Å². The Bertz CT molecular complexity index is 178. The van der Waals surface area contributed by atoms with Gasteiger partial charge in [-0.05, 0) is 24.7 Å². The van der Waals surface area contributed by atoms with Gasteiger partial charge in [-0.2, -0.15) is 0 Å². The second-order valence-corrected chi connectivity index (χ2v) is 4.03. The molecule has 1 saturated carbocycles. The molecule has 1 saturated heterocycles. The number of nitrogens with one attached hydrogen (secondary N) is 1. The fraction of sp³-hybridized carbons (Fsp3) is 0.889. The predicted octanol–water partition coefficient (Wildman–Crippen LogP) is 1.17. The Labute approximate surface area is 67.4 Å². The highest BCUT2D eigenvalue weighted by Gasteiger charge is 2.38. The van der Waals surface area contributed by atoms with Crippen LogP contribution in [0.25, 0.3) is 0 Å². The molecule has 0 radical (unpaired) electrons. The number of hydrogen-bond acceptors (Lipinski definition) is 1. The van der Waals surface area contributed by atoms with Crippen molar-refractivity contribution in [3.8, 4) is 0 Å². The summed E-state index contributed by atoms with van der Waals surface area (Å²) in [6, 6.07) is 0. The van der Waals surface area contributed by atoms with Gasteiger partial charge in [-0.25, -0.2) is 0 Å². The van der Waals surface area contributed by atoms with Crippen LogP contribution in [0.2, 0.25) is 0 Å². The third kappa shape index (κ3) is 1.15. The van der Waals surface area contributed by atoms with E-state index in [-0.39, 0.29) is 0 Å². The fourth-order valence-electron chi connectivity index (χ4n) is 2.37. The van der Waals surface area contributed by atoms with Gasteiger partial charge in [0.05, 0.1) is 0 Å². The minimum absolute atomic E-state index is 0.307. The first kappa shape index (κ1) is 7.14. The molecule has 1 aliphatic heterocycles. The Morgan fingerprint density at radius 2 is 2.27 bits per heavy atom. The second kappa shape index (κ2) is 2.50. The van der Waals surface area contributed by atoms with Gasteiger partial charge in [0.25, 0.3) is 0 Å². The van der Waals surface area contributed by atoms with Crippen molar-refractivity contribution in [1.29, 1.82) is 0 Å². The van der Waals surface area contributed by atoms with Crippen LogP contribution in [0.15, 0.2) is 0 Å². The van der Waals surface area contributed by atoms with Gasteiger partial charge in [-0.1, -0.05) is 13.3 Å². The molecule has 0 aromatic heterocycles. The molecule has 2 nitrogen and oxygen atoms in total. The maximum absolute atomic E-state index is 11.2. The van der Waals surface area contributed by atoms with Gasteiger partial charge in [0, 0.05) is 12.5 Å². The highest BCUT2D eigenvalue weighted by atomic mass is 16.2. The van der Waals surface area contributed by atoms with E-state index in [4.69, 9.17) is 0 Å². The maximum Gasteiger partial charge on any atom is 0.223 e. The van der Waals surface area contributed by atoms with E-state index >= 15 is 0 Å². The maximum atomic E-state index is 11.2. The molecule has 2 heteroatoms. The standard InChI is InChI=1S/C9H15NO/c1-6-2-3-7-5-10-9(11)8(7)4-6/h6-8H,2-5H2,1H3,(H,10,11). The number of hydrogen-bond donors (Lipinski definition) is 1. The number of rotatable bonds is 0. The molecular formula is C9H15NO. The molecule has 0 bridgehead atoms. The van der Waals surface area contributed by atoms with Crippen molar-refractivity contribution in [3.05, 3.63) is 0 Å². The Balaban J connectivity index is 2.07. The van der Waals surface area contributed by atoms with Gasteiger partial charge in [0.15, 0.2) is 0 Å². The lowest BCUT2D eigenvalue weighted by atomic mass is 9.76. The van der Waals surface area contributed by atoms with E-state index in [1.807, 2.05) is 0 Å². The topological polar surface area (TPSA) is 29.1 Å². The van der Waals surface area contributed by atoms with Crippen LogP contribution in [-0.4, -0.2) is 12.5 Å². The van der Waals surface area contributed by atoms with Crippen molar-refractivity contribution in [1.82, 2.24) is 5.32 Å². The lowest BCUT2D eigenvalue weighted by Crippen LogP contribution is -2.25. The largest absolute Gasteiger partial charge is 0.356 e. The van der Waals surface area contributed by atoms with Gasteiger partial charge in [-0.15, -0.1) is 0 Å². The van der Waals surface area contributed by atoms with Crippen molar-refractivity contribution in [3.63, 3.8) is 0 Å². The summed E-state index contributed by atoms with van der Waals surface area (Å²) in [6.45, 7) is 3.19. The molecule has 3 atom stereocenters. The fourth-order valence-corrected chi connectivity index (χ4v) is 2.37. The molecule has 0 aromatic rings. The molecule has 62 valence electrons.